The van der Waals surface area contributed by atoms with Crippen LogP contribution in [0.25, 0.3) is 0 Å². The average molecular weight is 325 g/mol. The molecule has 3 rings (SSSR count). The van der Waals surface area contributed by atoms with Crippen molar-refractivity contribution in [2.24, 2.45) is 0 Å². The highest BCUT2D eigenvalue weighted by atomic mass is 16.5. The van der Waals surface area contributed by atoms with E-state index in [0.717, 1.165) is 12.0 Å². The largest absolute Gasteiger partial charge is 0.459 e. The normalized spacial score (nSPS) is 14.8. The third-order valence-electron chi connectivity index (χ3n) is 4.15. The maximum Gasteiger partial charge on any atom is 0.344 e. The van der Waals surface area contributed by atoms with Crippen LogP contribution < -0.4 is 5.56 Å². The minimum absolute atomic E-state index is 0.0427. The van der Waals surface area contributed by atoms with E-state index in [4.69, 9.17) is 4.74 Å². The predicted octanol–water partition coefficient (Wildman–Crippen LogP) is 2.68. The number of benzene rings is 1. The Balaban J connectivity index is 1.76. The fourth-order valence-electron chi connectivity index (χ4n) is 2.96. The Hall–Kier alpha value is -2.69. The number of rotatable bonds is 4. The number of ether oxygens (including phenoxy) is 1. The Morgan fingerprint density at radius 2 is 1.96 bits per heavy atom. The molecule has 0 fully saturated rings. The molecule has 0 aliphatic heterocycles. The van der Waals surface area contributed by atoms with E-state index in [1.807, 2.05) is 30.3 Å². The van der Waals surface area contributed by atoms with Crippen molar-refractivity contribution in [2.75, 3.05) is 0 Å². The zero-order valence-corrected chi connectivity index (χ0v) is 13.5. The van der Waals surface area contributed by atoms with Gasteiger partial charge < -0.3 is 9.72 Å². The molecule has 1 aromatic carbocycles. The van der Waals surface area contributed by atoms with Crippen LogP contribution in [0.15, 0.2) is 41.2 Å². The monoisotopic (exact) mass is 325 g/mol. The molecular weight excluding hydrogens is 306 g/mol. The van der Waals surface area contributed by atoms with E-state index in [2.05, 4.69) is 4.98 Å². The third-order valence-corrected chi connectivity index (χ3v) is 4.15. The lowest BCUT2D eigenvalue weighted by atomic mass is 9.94. The minimum atomic E-state index is -0.694. The quantitative estimate of drug-likeness (QED) is 0.877. The maximum absolute atomic E-state index is 12.3. The summed E-state index contributed by atoms with van der Waals surface area (Å²) in [7, 11) is 0. The highest BCUT2D eigenvalue weighted by Gasteiger charge is 2.23. The van der Waals surface area contributed by atoms with Crippen LogP contribution in [-0.2, 0) is 17.6 Å². The molecule has 0 radical (unpaired) electrons. The number of carbonyl (C=O) groups excluding carboxylic acids is 2. The lowest BCUT2D eigenvalue weighted by Gasteiger charge is -2.16. The van der Waals surface area contributed by atoms with E-state index >= 15 is 0 Å². The van der Waals surface area contributed by atoms with E-state index in [9.17, 15) is 14.4 Å². The van der Waals surface area contributed by atoms with Gasteiger partial charge in [-0.15, -0.1) is 0 Å². The molecule has 0 unspecified atom stereocenters. The van der Waals surface area contributed by atoms with Gasteiger partial charge in [0, 0.05) is 24.1 Å². The van der Waals surface area contributed by atoms with Gasteiger partial charge in [-0.3, -0.25) is 9.59 Å². The minimum Gasteiger partial charge on any atom is -0.459 e. The second-order valence-corrected chi connectivity index (χ2v) is 6.09. The summed E-state index contributed by atoms with van der Waals surface area (Å²) in [5.74, 6) is -0.736. The molecule has 2 aromatic rings. The molecular formula is C19H19NO4. The van der Waals surface area contributed by atoms with Gasteiger partial charge in [0.25, 0.3) is 5.56 Å². The molecule has 1 atom stereocenters. The van der Waals surface area contributed by atoms with Crippen LogP contribution in [0.2, 0.25) is 0 Å². The molecule has 1 aliphatic rings. The van der Waals surface area contributed by atoms with Crippen molar-refractivity contribution in [3.63, 3.8) is 0 Å². The molecule has 1 N–H and O–H groups in total. The highest BCUT2D eigenvalue weighted by molar-refractivity contribution is 6.00. The fraction of sp³-hybridized carbons (Fsp3) is 0.316. The molecule has 24 heavy (non-hydrogen) atoms. The van der Waals surface area contributed by atoms with Gasteiger partial charge in [-0.1, -0.05) is 30.3 Å². The smallest absolute Gasteiger partial charge is 0.344 e. The molecule has 5 nitrogen and oxygen atoms in total. The van der Waals surface area contributed by atoms with Crippen molar-refractivity contribution in [1.29, 1.82) is 0 Å². The van der Waals surface area contributed by atoms with Crippen molar-refractivity contribution < 1.29 is 14.3 Å². The van der Waals surface area contributed by atoms with Crippen molar-refractivity contribution in [1.82, 2.24) is 4.98 Å². The highest BCUT2D eigenvalue weighted by Crippen LogP contribution is 2.19. The molecule has 0 spiro atoms. The Morgan fingerprint density at radius 3 is 2.71 bits per heavy atom. The predicted molar refractivity (Wildman–Crippen MR) is 89.4 cm³/mol. The van der Waals surface area contributed by atoms with Gasteiger partial charge in [-0.05, 0) is 31.4 Å². The van der Waals surface area contributed by atoms with Gasteiger partial charge in [-0.25, -0.2) is 4.79 Å². The van der Waals surface area contributed by atoms with Crippen molar-refractivity contribution >= 4 is 11.8 Å². The van der Waals surface area contributed by atoms with Crippen LogP contribution >= 0.6 is 0 Å². The summed E-state index contributed by atoms with van der Waals surface area (Å²) in [6.07, 6.45) is 2.01. The molecule has 0 bridgehead atoms. The lowest BCUT2D eigenvalue weighted by molar-refractivity contribution is 0.0341. The zero-order valence-electron chi connectivity index (χ0n) is 13.5. The molecule has 0 saturated carbocycles. The maximum atomic E-state index is 12.3. The van der Waals surface area contributed by atoms with E-state index in [-0.39, 0.29) is 17.5 Å². The summed E-state index contributed by atoms with van der Waals surface area (Å²) in [6.45, 7) is 1.78. The van der Waals surface area contributed by atoms with Crippen molar-refractivity contribution in [3.05, 3.63) is 69.1 Å². The first-order valence-corrected chi connectivity index (χ1v) is 8.09. The molecule has 0 saturated heterocycles. The van der Waals surface area contributed by atoms with Crippen LogP contribution in [0, 0.1) is 0 Å². The topological polar surface area (TPSA) is 76.2 Å². The zero-order chi connectivity index (χ0) is 17.1. The lowest BCUT2D eigenvalue weighted by Crippen LogP contribution is -2.27. The second kappa shape index (κ2) is 6.83. The molecule has 5 heteroatoms. The number of aromatic nitrogens is 1. The number of carbonyl (C=O) groups is 2. The first kappa shape index (κ1) is 16.2. The summed E-state index contributed by atoms with van der Waals surface area (Å²) < 4.78 is 5.38. The Labute approximate surface area is 139 Å². The van der Waals surface area contributed by atoms with Gasteiger partial charge in [0.15, 0.2) is 5.78 Å². The number of hydrogen-bond donors (Lipinski definition) is 1. The van der Waals surface area contributed by atoms with Gasteiger partial charge in [0.2, 0.25) is 0 Å². The van der Waals surface area contributed by atoms with Gasteiger partial charge in [0.05, 0.1) is 0 Å². The van der Waals surface area contributed by atoms with Gasteiger partial charge in [-0.2, -0.15) is 0 Å². The number of hydrogen-bond acceptors (Lipinski definition) is 4. The van der Waals surface area contributed by atoms with E-state index in [1.165, 1.54) is 6.07 Å². The standard InChI is InChI=1S/C19H19NO4/c1-12(10-13-6-3-2-4-7-13)24-19(23)15-11-14-16(20-18(15)22)8-5-9-17(14)21/h2-4,6-7,11-12H,5,8-10H2,1H3,(H,20,22)/t12-/m0/s1. The van der Waals surface area contributed by atoms with Crippen molar-refractivity contribution in [3.8, 4) is 0 Å². The number of nitrogens with one attached hydrogen (secondary N) is 1. The molecule has 1 aliphatic carbocycles. The number of pyridine rings is 1. The summed E-state index contributed by atoms with van der Waals surface area (Å²) in [6, 6.07) is 11.0. The fourth-order valence-corrected chi connectivity index (χ4v) is 2.96. The number of Topliss-reactive ketones (excluding diaryl/α,β-unsaturated/α-hetero) is 1. The first-order chi connectivity index (χ1) is 11.5. The van der Waals surface area contributed by atoms with E-state index in [1.54, 1.807) is 6.92 Å². The number of aromatic amines is 1. The number of H-pyrrole nitrogens is 1. The Kier molecular flexibility index (Phi) is 4.60. The van der Waals surface area contributed by atoms with Crippen LogP contribution in [-0.4, -0.2) is 22.8 Å². The Morgan fingerprint density at radius 1 is 1.21 bits per heavy atom. The molecule has 124 valence electrons. The third kappa shape index (κ3) is 3.45. The SMILES string of the molecule is C[C@@H](Cc1ccccc1)OC(=O)c1cc2c([nH]c1=O)CCCC2=O. The molecule has 1 aromatic heterocycles. The van der Waals surface area contributed by atoms with E-state index < -0.39 is 11.5 Å². The summed E-state index contributed by atoms with van der Waals surface area (Å²) in [5.41, 5.74) is 1.49. The molecule has 1 heterocycles. The van der Waals surface area contributed by atoms with Crippen LogP contribution in [0.4, 0.5) is 0 Å². The van der Waals surface area contributed by atoms with Crippen molar-refractivity contribution in [2.45, 2.75) is 38.7 Å². The summed E-state index contributed by atoms with van der Waals surface area (Å²) in [5, 5.41) is 0. The van der Waals surface area contributed by atoms with Crippen LogP contribution in [0.5, 0.6) is 0 Å². The van der Waals surface area contributed by atoms with Gasteiger partial charge >= 0.3 is 5.97 Å². The first-order valence-electron chi connectivity index (χ1n) is 8.09. The van der Waals surface area contributed by atoms with Crippen LogP contribution in [0.3, 0.4) is 0 Å². The number of ketones is 1. The average Bonchev–Trinajstić information content (AvgIpc) is 2.55. The Bertz CT molecular complexity index is 823. The summed E-state index contributed by atoms with van der Waals surface area (Å²) in [4.78, 5) is 39.0. The molecule has 0 amide bonds. The number of esters is 1. The number of fused-ring (bicyclic) bond motifs is 1. The second-order valence-electron chi connectivity index (χ2n) is 6.09. The van der Waals surface area contributed by atoms with Gasteiger partial charge in [0.1, 0.15) is 11.7 Å². The van der Waals surface area contributed by atoms with Crippen LogP contribution in [0.1, 0.15) is 51.7 Å². The number of aryl methyl sites for hydroxylation is 1. The summed E-state index contributed by atoms with van der Waals surface area (Å²) >= 11 is 0. The van der Waals surface area contributed by atoms with E-state index in [0.29, 0.717) is 30.5 Å².